The Morgan fingerprint density at radius 1 is 1.31 bits per heavy atom. The first-order valence-corrected chi connectivity index (χ1v) is 10.1. The lowest BCUT2D eigenvalue weighted by Gasteiger charge is -2.33. The number of benzene rings is 1. The van der Waals surface area contributed by atoms with Crippen molar-refractivity contribution in [2.75, 3.05) is 5.32 Å². The number of hydrogen-bond donors (Lipinski definition) is 1. The van der Waals surface area contributed by atoms with E-state index in [0.717, 1.165) is 31.2 Å². The molecule has 4 heteroatoms. The highest BCUT2D eigenvalue weighted by molar-refractivity contribution is 7.16. The standard InChI is InChI=1S/C22H26N2OS/c1-5-14-6-8-15(9-7-14)20(25)24-21-18(13-23)17-11-10-16(22(2,3)4)12-19(17)26-21/h6-9,16H,5,10-12H2,1-4H3,(H,24,25)/t16-/m1/s1. The van der Waals surface area contributed by atoms with Crippen molar-refractivity contribution in [3.05, 3.63) is 51.4 Å². The number of hydrogen-bond acceptors (Lipinski definition) is 3. The van der Waals surface area contributed by atoms with Crippen LogP contribution in [0.15, 0.2) is 24.3 Å². The van der Waals surface area contributed by atoms with Crippen LogP contribution in [0.3, 0.4) is 0 Å². The molecule has 26 heavy (non-hydrogen) atoms. The first-order valence-electron chi connectivity index (χ1n) is 9.28. The Balaban J connectivity index is 1.84. The Hall–Kier alpha value is -2.12. The molecule has 0 saturated heterocycles. The van der Waals surface area contributed by atoms with Gasteiger partial charge in [0.05, 0.1) is 5.56 Å². The maximum absolute atomic E-state index is 12.6. The fourth-order valence-electron chi connectivity index (χ4n) is 3.60. The van der Waals surface area contributed by atoms with Crippen LogP contribution in [-0.4, -0.2) is 5.91 Å². The van der Waals surface area contributed by atoms with Crippen molar-refractivity contribution in [1.82, 2.24) is 0 Å². The number of thiophene rings is 1. The van der Waals surface area contributed by atoms with Gasteiger partial charge in [0.2, 0.25) is 0 Å². The summed E-state index contributed by atoms with van der Waals surface area (Å²) in [6.45, 7) is 8.94. The van der Waals surface area contributed by atoms with E-state index in [4.69, 9.17) is 0 Å². The Morgan fingerprint density at radius 3 is 2.58 bits per heavy atom. The molecule has 1 atom stereocenters. The minimum atomic E-state index is -0.143. The second-order valence-corrected chi connectivity index (χ2v) is 9.24. The van der Waals surface area contributed by atoms with Gasteiger partial charge in [0.1, 0.15) is 11.1 Å². The summed E-state index contributed by atoms with van der Waals surface area (Å²) in [5.74, 6) is 0.473. The molecule has 136 valence electrons. The molecule has 0 fully saturated rings. The lowest BCUT2D eigenvalue weighted by molar-refractivity contribution is 0.102. The summed E-state index contributed by atoms with van der Waals surface area (Å²) in [6, 6.07) is 9.99. The lowest BCUT2D eigenvalue weighted by Crippen LogP contribution is -2.26. The zero-order valence-electron chi connectivity index (χ0n) is 16.0. The molecule has 0 saturated carbocycles. The summed E-state index contributed by atoms with van der Waals surface area (Å²) in [7, 11) is 0. The van der Waals surface area contributed by atoms with Crippen molar-refractivity contribution >= 4 is 22.2 Å². The molecule has 1 aliphatic carbocycles. The molecule has 1 aliphatic rings. The maximum Gasteiger partial charge on any atom is 0.256 e. The summed E-state index contributed by atoms with van der Waals surface area (Å²) in [4.78, 5) is 13.9. The van der Waals surface area contributed by atoms with Crippen molar-refractivity contribution in [1.29, 1.82) is 5.26 Å². The van der Waals surface area contributed by atoms with E-state index >= 15 is 0 Å². The highest BCUT2D eigenvalue weighted by Crippen LogP contribution is 2.44. The van der Waals surface area contributed by atoms with Crippen molar-refractivity contribution in [2.24, 2.45) is 11.3 Å². The summed E-state index contributed by atoms with van der Waals surface area (Å²) in [5.41, 5.74) is 3.91. The van der Waals surface area contributed by atoms with Crippen LogP contribution in [0.5, 0.6) is 0 Å². The summed E-state index contributed by atoms with van der Waals surface area (Å²) < 4.78 is 0. The highest BCUT2D eigenvalue weighted by atomic mass is 32.1. The normalized spacial score (nSPS) is 16.7. The zero-order valence-corrected chi connectivity index (χ0v) is 16.8. The molecule has 1 aromatic carbocycles. The molecule has 2 aromatic rings. The van der Waals surface area contributed by atoms with Crippen LogP contribution in [0, 0.1) is 22.7 Å². The monoisotopic (exact) mass is 366 g/mol. The number of fused-ring (bicyclic) bond motifs is 1. The Morgan fingerprint density at radius 2 is 2.00 bits per heavy atom. The van der Waals surface area contributed by atoms with Crippen molar-refractivity contribution in [2.45, 2.75) is 53.4 Å². The average Bonchev–Trinajstić information content (AvgIpc) is 2.97. The number of nitriles is 1. The van der Waals surface area contributed by atoms with E-state index in [1.54, 1.807) is 11.3 Å². The van der Waals surface area contributed by atoms with Gasteiger partial charge in [-0.25, -0.2) is 0 Å². The number of nitrogens with one attached hydrogen (secondary N) is 1. The Bertz CT molecular complexity index is 850. The molecular weight excluding hydrogens is 340 g/mol. The number of carbonyl (C=O) groups is 1. The highest BCUT2D eigenvalue weighted by Gasteiger charge is 2.32. The maximum atomic E-state index is 12.6. The predicted molar refractivity (Wildman–Crippen MR) is 108 cm³/mol. The van der Waals surface area contributed by atoms with Gasteiger partial charge < -0.3 is 5.32 Å². The first-order chi connectivity index (χ1) is 12.3. The number of carbonyl (C=O) groups excluding carboxylic acids is 1. The van der Waals surface area contributed by atoms with Gasteiger partial charge in [0.25, 0.3) is 5.91 Å². The third-order valence-corrected chi connectivity index (χ3v) is 6.62. The average molecular weight is 367 g/mol. The number of aryl methyl sites for hydroxylation is 1. The zero-order chi connectivity index (χ0) is 18.9. The van der Waals surface area contributed by atoms with Crippen LogP contribution in [0.1, 0.15) is 66.0 Å². The molecule has 3 nitrogen and oxygen atoms in total. The quantitative estimate of drug-likeness (QED) is 0.770. The van der Waals surface area contributed by atoms with E-state index < -0.39 is 0 Å². The summed E-state index contributed by atoms with van der Waals surface area (Å²) in [6.07, 6.45) is 3.98. The minimum Gasteiger partial charge on any atom is -0.312 e. The van der Waals surface area contributed by atoms with E-state index in [9.17, 15) is 10.1 Å². The summed E-state index contributed by atoms with van der Waals surface area (Å²) in [5, 5.41) is 13.3. The van der Waals surface area contributed by atoms with Crippen molar-refractivity contribution < 1.29 is 4.79 Å². The fraction of sp³-hybridized carbons (Fsp3) is 0.455. The van der Waals surface area contributed by atoms with Crippen LogP contribution in [0.25, 0.3) is 0 Å². The van der Waals surface area contributed by atoms with Gasteiger partial charge in [-0.2, -0.15) is 5.26 Å². The SMILES string of the molecule is CCc1ccc(C(=O)Nc2sc3c(c2C#N)CC[C@@H](C(C)(C)C)C3)cc1. The molecule has 1 amide bonds. The van der Waals surface area contributed by atoms with Gasteiger partial charge in [0.15, 0.2) is 0 Å². The van der Waals surface area contributed by atoms with E-state index in [-0.39, 0.29) is 11.3 Å². The Kier molecular flexibility index (Phi) is 5.20. The number of amides is 1. The van der Waals surface area contributed by atoms with Crippen LogP contribution in [-0.2, 0) is 19.3 Å². The molecule has 0 spiro atoms. The number of rotatable bonds is 3. The van der Waals surface area contributed by atoms with Crippen LogP contribution in [0.2, 0.25) is 0 Å². The molecule has 0 aliphatic heterocycles. The minimum absolute atomic E-state index is 0.143. The second-order valence-electron chi connectivity index (χ2n) is 8.13. The van der Waals surface area contributed by atoms with Gasteiger partial charge in [-0.1, -0.05) is 39.8 Å². The van der Waals surface area contributed by atoms with Crippen molar-refractivity contribution in [3.8, 4) is 6.07 Å². The molecule has 0 radical (unpaired) electrons. The second kappa shape index (κ2) is 7.25. The molecule has 1 aromatic heterocycles. The number of nitrogens with zero attached hydrogens (tertiary/aromatic N) is 1. The molecule has 3 rings (SSSR count). The number of anilines is 1. The van der Waals surface area contributed by atoms with Gasteiger partial charge in [-0.3, -0.25) is 4.79 Å². The molecule has 1 heterocycles. The van der Waals surface area contributed by atoms with Gasteiger partial charge >= 0.3 is 0 Å². The van der Waals surface area contributed by atoms with E-state index in [2.05, 4.69) is 39.1 Å². The summed E-state index contributed by atoms with van der Waals surface area (Å²) >= 11 is 1.58. The first kappa shape index (κ1) is 18.7. The van der Waals surface area contributed by atoms with Crippen LogP contribution >= 0.6 is 11.3 Å². The smallest absolute Gasteiger partial charge is 0.256 e. The van der Waals surface area contributed by atoms with E-state index in [1.807, 2.05) is 24.3 Å². The topological polar surface area (TPSA) is 52.9 Å². The largest absolute Gasteiger partial charge is 0.312 e. The van der Waals surface area contributed by atoms with Crippen LogP contribution < -0.4 is 5.32 Å². The third-order valence-electron chi connectivity index (χ3n) is 5.45. The Labute approximate surface area is 160 Å². The third kappa shape index (κ3) is 3.68. The van der Waals surface area contributed by atoms with E-state index in [1.165, 1.54) is 10.4 Å². The molecule has 0 bridgehead atoms. The lowest BCUT2D eigenvalue weighted by atomic mass is 9.72. The molecular formula is C22H26N2OS. The molecule has 1 N–H and O–H groups in total. The van der Waals surface area contributed by atoms with E-state index in [0.29, 0.717) is 22.0 Å². The van der Waals surface area contributed by atoms with Gasteiger partial charge in [-0.15, -0.1) is 11.3 Å². The van der Waals surface area contributed by atoms with Crippen molar-refractivity contribution in [3.63, 3.8) is 0 Å². The van der Waals surface area contributed by atoms with Crippen LogP contribution in [0.4, 0.5) is 5.00 Å². The van der Waals surface area contributed by atoms with Gasteiger partial charge in [-0.05, 0) is 60.3 Å². The predicted octanol–water partition coefficient (Wildman–Crippen LogP) is 5.59. The molecule has 0 unspecified atom stereocenters. The fourth-order valence-corrected chi connectivity index (χ4v) is 4.87. The van der Waals surface area contributed by atoms with Gasteiger partial charge in [0, 0.05) is 10.4 Å².